The van der Waals surface area contributed by atoms with Crippen molar-refractivity contribution >= 4 is 61.4 Å². The maximum atomic E-state index is 12.2. The smallest absolute Gasteiger partial charge is 0.265 e. The lowest BCUT2D eigenvalue weighted by Crippen LogP contribution is -2.10. The number of hydrogen-bond donors (Lipinski definition) is 1. The second-order valence-corrected chi connectivity index (χ2v) is 6.99. The second-order valence-electron chi connectivity index (χ2n) is 4.09. The lowest BCUT2D eigenvalue weighted by atomic mass is 10.2. The van der Waals surface area contributed by atoms with Gasteiger partial charge in [-0.25, -0.2) is 0 Å². The van der Waals surface area contributed by atoms with Crippen LogP contribution < -0.4 is 5.32 Å². The first-order chi connectivity index (χ1) is 9.63. The number of rotatable bonds is 2. The van der Waals surface area contributed by atoms with Crippen molar-refractivity contribution < 1.29 is 4.79 Å². The number of benzene rings is 1. The fraction of sp³-hybridized carbons (Fsp3) is 0. The van der Waals surface area contributed by atoms with Crippen molar-refractivity contribution in [1.82, 2.24) is 4.98 Å². The van der Waals surface area contributed by atoms with E-state index >= 15 is 0 Å². The molecule has 2 aromatic heterocycles. The number of anilines is 1. The highest BCUT2D eigenvalue weighted by Gasteiger charge is 2.12. The third kappa shape index (κ3) is 2.70. The van der Waals surface area contributed by atoms with Crippen molar-refractivity contribution in [3.05, 3.63) is 56.3 Å². The molecular formula is C14H8BrClN2OS. The average molecular weight is 368 g/mol. The maximum absolute atomic E-state index is 12.2. The molecule has 0 aliphatic rings. The number of thiophene rings is 1. The number of fused-ring (bicyclic) bond motifs is 1. The molecule has 0 atom stereocenters. The molecule has 0 saturated carbocycles. The van der Waals surface area contributed by atoms with Crippen LogP contribution in [-0.4, -0.2) is 10.9 Å². The first-order valence-corrected chi connectivity index (χ1v) is 7.73. The zero-order valence-electron chi connectivity index (χ0n) is 10.1. The van der Waals surface area contributed by atoms with E-state index in [0.717, 1.165) is 14.7 Å². The molecule has 1 amide bonds. The van der Waals surface area contributed by atoms with Crippen LogP contribution in [0.4, 0.5) is 5.69 Å². The van der Waals surface area contributed by atoms with Crippen LogP contribution in [0.15, 0.2) is 46.4 Å². The van der Waals surface area contributed by atoms with Crippen molar-refractivity contribution in [3.8, 4) is 0 Å². The van der Waals surface area contributed by atoms with Gasteiger partial charge >= 0.3 is 0 Å². The quantitative estimate of drug-likeness (QED) is 0.695. The van der Waals surface area contributed by atoms with Gasteiger partial charge in [0.25, 0.3) is 5.91 Å². The van der Waals surface area contributed by atoms with Crippen LogP contribution in [-0.2, 0) is 0 Å². The summed E-state index contributed by atoms with van der Waals surface area (Å²) in [4.78, 5) is 17.1. The first kappa shape index (κ1) is 13.5. The third-order valence-electron chi connectivity index (χ3n) is 2.71. The molecule has 0 aliphatic heterocycles. The lowest BCUT2D eigenvalue weighted by Gasteiger charge is -2.07. The second kappa shape index (κ2) is 5.52. The van der Waals surface area contributed by atoms with Gasteiger partial charge in [-0.15, -0.1) is 11.3 Å². The van der Waals surface area contributed by atoms with Crippen molar-refractivity contribution in [1.29, 1.82) is 0 Å². The Balaban J connectivity index is 2.00. The van der Waals surface area contributed by atoms with Crippen LogP contribution in [0.5, 0.6) is 0 Å². The molecule has 3 aromatic rings. The number of carbonyl (C=O) groups excluding carboxylic acids is 1. The Hall–Kier alpha value is -1.43. The van der Waals surface area contributed by atoms with Gasteiger partial charge in [0.05, 0.1) is 19.9 Å². The monoisotopic (exact) mass is 366 g/mol. The zero-order valence-corrected chi connectivity index (χ0v) is 13.2. The molecule has 1 aromatic carbocycles. The van der Waals surface area contributed by atoms with Gasteiger partial charge in [0.2, 0.25) is 0 Å². The fourth-order valence-electron chi connectivity index (χ4n) is 1.87. The number of amides is 1. The summed E-state index contributed by atoms with van der Waals surface area (Å²) < 4.78 is 0.914. The minimum atomic E-state index is -0.171. The Labute approximate surface area is 132 Å². The molecule has 0 fully saturated rings. The van der Waals surface area contributed by atoms with Crippen molar-refractivity contribution in [2.75, 3.05) is 5.32 Å². The van der Waals surface area contributed by atoms with Gasteiger partial charge < -0.3 is 5.32 Å². The topological polar surface area (TPSA) is 42.0 Å². The minimum absolute atomic E-state index is 0.171. The van der Waals surface area contributed by atoms with E-state index in [1.165, 1.54) is 11.3 Å². The molecule has 0 radical (unpaired) electrons. The predicted octanol–water partition coefficient (Wildman–Crippen LogP) is 4.96. The van der Waals surface area contributed by atoms with Gasteiger partial charge in [0.15, 0.2) is 0 Å². The molecule has 0 saturated heterocycles. The van der Waals surface area contributed by atoms with E-state index in [1.54, 1.807) is 18.3 Å². The van der Waals surface area contributed by atoms with Crippen LogP contribution in [0.2, 0.25) is 5.02 Å². The normalized spacial score (nSPS) is 10.7. The number of aromatic nitrogens is 1. The predicted molar refractivity (Wildman–Crippen MR) is 86.7 cm³/mol. The molecule has 6 heteroatoms. The summed E-state index contributed by atoms with van der Waals surface area (Å²) >= 11 is 10.8. The number of halogens is 2. The van der Waals surface area contributed by atoms with Crippen LogP contribution in [0.1, 0.15) is 9.67 Å². The van der Waals surface area contributed by atoms with Gasteiger partial charge in [-0.05, 0) is 46.3 Å². The van der Waals surface area contributed by atoms with Gasteiger partial charge in [-0.2, -0.15) is 0 Å². The third-order valence-corrected chi connectivity index (χ3v) is 4.56. The van der Waals surface area contributed by atoms with Crippen LogP contribution in [0, 0.1) is 0 Å². The SMILES string of the molecule is O=C(Nc1cc(Cl)cc2cccnc12)c1ccc(Br)s1. The molecule has 3 rings (SSSR count). The van der Waals surface area contributed by atoms with Crippen LogP contribution in [0.3, 0.4) is 0 Å². The maximum Gasteiger partial charge on any atom is 0.265 e. The molecule has 0 aliphatic carbocycles. The summed E-state index contributed by atoms with van der Waals surface area (Å²) in [6.45, 7) is 0. The van der Waals surface area contributed by atoms with Crippen molar-refractivity contribution in [2.24, 2.45) is 0 Å². The number of nitrogens with one attached hydrogen (secondary N) is 1. The number of carbonyl (C=O) groups is 1. The van der Waals surface area contributed by atoms with Crippen LogP contribution >= 0.6 is 38.9 Å². The number of hydrogen-bond acceptors (Lipinski definition) is 3. The number of pyridine rings is 1. The van der Waals surface area contributed by atoms with Gasteiger partial charge in [0, 0.05) is 16.6 Å². The van der Waals surface area contributed by atoms with E-state index in [4.69, 9.17) is 11.6 Å². The molecule has 0 bridgehead atoms. The molecule has 1 N–H and O–H groups in total. The molecule has 20 heavy (non-hydrogen) atoms. The highest BCUT2D eigenvalue weighted by molar-refractivity contribution is 9.11. The standard InChI is InChI=1S/C14H8BrClN2OS/c15-12-4-3-11(20-12)14(19)18-10-7-9(16)6-8-2-1-5-17-13(8)10/h1-7H,(H,18,19). The highest BCUT2D eigenvalue weighted by Crippen LogP contribution is 2.28. The van der Waals surface area contributed by atoms with Gasteiger partial charge in [0.1, 0.15) is 0 Å². The lowest BCUT2D eigenvalue weighted by molar-refractivity contribution is 0.103. The molecule has 100 valence electrons. The highest BCUT2D eigenvalue weighted by atomic mass is 79.9. The van der Waals surface area contributed by atoms with Crippen LogP contribution in [0.25, 0.3) is 10.9 Å². The zero-order chi connectivity index (χ0) is 14.1. The minimum Gasteiger partial charge on any atom is -0.319 e. The Morgan fingerprint density at radius 1 is 1.30 bits per heavy atom. The van der Waals surface area contributed by atoms with E-state index in [9.17, 15) is 4.79 Å². The summed E-state index contributed by atoms with van der Waals surface area (Å²) in [5.74, 6) is -0.171. The molecule has 2 heterocycles. The summed E-state index contributed by atoms with van der Waals surface area (Å²) in [6.07, 6.45) is 1.69. The summed E-state index contributed by atoms with van der Waals surface area (Å²) in [7, 11) is 0. The summed E-state index contributed by atoms with van der Waals surface area (Å²) in [5.41, 5.74) is 1.34. The van der Waals surface area contributed by atoms with Crippen molar-refractivity contribution in [3.63, 3.8) is 0 Å². The number of nitrogens with zero attached hydrogens (tertiary/aromatic N) is 1. The first-order valence-electron chi connectivity index (χ1n) is 5.74. The summed E-state index contributed by atoms with van der Waals surface area (Å²) in [6, 6.07) is 10.9. The summed E-state index contributed by atoms with van der Waals surface area (Å²) in [5, 5.41) is 4.31. The Bertz CT molecular complexity index is 803. The molecular weight excluding hydrogens is 360 g/mol. The van der Waals surface area contributed by atoms with E-state index < -0.39 is 0 Å². The van der Waals surface area contributed by atoms with E-state index in [0.29, 0.717) is 15.6 Å². The molecule has 3 nitrogen and oxygen atoms in total. The van der Waals surface area contributed by atoms with E-state index in [-0.39, 0.29) is 5.91 Å². The Morgan fingerprint density at radius 2 is 2.15 bits per heavy atom. The average Bonchev–Trinajstić information content (AvgIpc) is 2.85. The van der Waals surface area contributed by atoms with Gasteiger partial charge in [-0.3, -0.25) is 9.78 Å². The largest absolute Gasteiger partial charge is 0.319 e. The Kier molecular flexibility index (Phi) is 3.74. The molecule has 0 spiro atoms. The molecule has 0 unspecified atom stereocenters. The Morgan fingerprint density at radius 3 is 2.90 bits per heavy atom. The van der Waals surface area contributed by atoms with Crippen molar-refractivity contribution in [2.45, 2.75) is 0 Å². The van der Waals surface area contributed by atoms with E-state index in [2.05, 4.69) is 26.2 Å². The fourth-order valence-corrected chi connectivity index (χ4v) is 3.38. The van der Waals surface area contributed by atoms with E-state index in [1.807, 2.05) is 24.3 Å². The van der Waals surface area contributed by atoms with Gasteiger partial charge in [-0.1, -0.05) is 17.7 Å².